The zero-order chi connectivity index (χ0) is 18.6. The molecule has 0 aromatic carbocycles. The number of thioether (sulfide) groups is 1. The highest BCUT2D eigenvalue weighted by atomic mass is 127. The number of aromatic nitrogens is 4. The molecule has 1 amide bonds. The second-order valence-electron chi connectivity index (χ2n) is 6.41. The van der Waals surface area contributed by atoms with Crippen molar-refractivity contribution in [3.8, 4) is 10.7 Å². The number of alkyl halides is 1. The largest absolute Gasteiger partial charge is 0.342 e. The fourth-order valence-electron chi connectivity index (χ4n) is 3.19. The number of hydrogen-bond acceptors (Lipinski definition) is 6. The zero-order valence-corrected chi connectivity index (χ0v) is 18.5. The fraction of sp³-hybridized carbons (Fsp3) is 0.444. The minimum Gasteiger partial charge on any atom is -0.342 e. The van der Waals surface area contributed by atoms with Crippen molar-refractivity contribution in [2.24, 2.45) is 0 Å². The Morgan fingerprint density at radius 3 is 2.81 bits per heavy atom. The molecule has 4 rings (SSSR count). The van der Waals surface area contributed by atoms with Gasteiger partial charge in [-0.05, 0) is 49.3 Å². The van der Waals surface area contributed by atoms with Crippen molar-refractivity contribution < 1.29 is 4.79 Å². The van der Waals surface area contributed by atoms with Gasteiger partial charge >= 0.3 is 0 Å². The third-order valence-electron chi connectivity index (χ3n) is 4.56. The number of likely N-dealkylation sites (tertiary alicyclic amines) is 1. The standard InChI is InChI=1S/C18H20IN5OS2/c19-9-8-14(18(25)23-10-2-1-3-11-23)27-16-7-6-15-20-21-17(24(15)22-16)13-5-4-12-26-13/h4-7,12,14H,1-3,8-11H2/t14-/m1/s1. The van der Waals surface area contributed by atoms with Gasteiger partial charge in [-0.3, -0.25) is 4.79 Å². The van der Waals surface area contributed by atoms with E-state index in [0.717, 1.165) is 58.2 Å². The highest BCUT2D eigenvalue weighted by Crippen LogP contribution is 2.29. The second kappa shape index (κ2) is 8.87. The van der Waals surface area contributed by atoms with Crippen molar-refractivity contribution in [1.82, 2.24) is 24.7 Å². The third kappa shape index (κ3) is 4.29. The Labute approximate surface area is 179 Å². The van der Waals surface area contributed by atoms with E-state index in [4.69, 9.17) is 5.10 Å². The topological polar surface area (TPSA) is 63.4 Å². The summed E-state index contributed by atoms with van der Waals surface area (Å²) in [5.41, 5.74) is 0.718. The van der Waals surface area contributed by atoms with E-state index in [2.05, 4.69) is 32.8 Å². The number of hydrogen-bond donors (Lipinski definition) is 0. The first-order valence-electron chi connectivity index (χ1n) is 9.04. The molecule has 0 bridgehead atoms. The molecule has 142 valence electrons. The summed E-state index contributed by atoms with van der Waals surface area (Å²) in [5, 5.41) is 16.0. The SMILES string of the molecule is O=C([C@@H](CCI)Sc1ccc2nnc(-c3cccs3)n2n1)N1CCCCC1. The molecule has 3 aromatic heterocycles. The van der Waals surface area contributed by atoms with E-state index in [1.54, 1.807) is 27.6 Å². The van der Waals surface area contributed by atoms with E-state index in [0.29, 0.717) is 0 Å². The van der Waals surface area contributed by atoms with Crippen LogP contribution in [0.25, 0.3) is 16.3 Å². The summed E-state index contributed by atoms with van der Waals surface area (Å²) in [6, 6.07) is 7.87. The molecule has 1 fully saturated rings. The van der Waals surface area contributed by atoms with Gasteiger partial charge in [-0.1, -0.05) is 40.4 Å². The molecule has 6 nitrogen and oxygen atoms in total. The van der Waals surface area contributed by atoms with Gasteiger partial charge in [-0.25, -0.2) is 0 Å². The Morgan fingerprint density at radius 2 is 2.07 bits per heavy atom. The Kier molecular flexibility index (Phi) is 6.28. The molecule has 27 heavy (non-hydrogen) atoms. The summed E-state index contributed by atoms with van der Waals surface area (Å²) in [4.78, 5) is 16.1. The lowest BCUT2D eigenvalue weighted by Crippen LogP contribution is -2.41. The molecule has 0 saturated carbocycles. The molecule has 0 unspecified atom stereocenters. The van der Waals surface area contributed by atoms with Crippen LogP contribution in [0.5, 0.6) is 0 Å². The van der Waals surface area contributed by atoms with E-state index in [1.807, 2.05) is 34.5 Å². The van der Waals surface area contributed by atoms with Crippen molar-refractivity contribution in [3.05, 3.63) is 29.6 Å². The lowest BCUT2D eigenvalue weighted by Gasteiger charge is -2.30. The molecule has 0 radical (unpaired) electrons. The van der Waals surface area contributed by atoms with Crippen LogP contribution >= 0.6 is 45.7 Å². The number of nitrogens with zero attached hydrogens (tertiary/aromatic N) is 5. The summed E-state index contributed by atoms with van der Waals surface area (Å²) < 4.78 is 2.73. The van der Waals surface area contributed by atoms with Gasteiger partial charge in [0.05, 0.1) is 10.1 Å². The number of fused-ring (bicyclic) bond motifs is 1. The maximum atomic E-state index is 13.0. The molecular formula is C18H20IN5OS2. The summed E-state index contributed by atoms with van der Waals surface area (Å²) >= 11 is 5.52. The Morgan fingerprint density at radius 1 is 1.22 bits per heavy atom. The predicted octanol–water partition coefficient (Wildman–Crippen LogP) is 4.15. The number of carbonyl (C=O) groups excluding carboxylic acids is 1. The van der Waals surface area contributed by atoms with Crippen LogP contribution in [0.3, 0.4) is 0 Å². The van der Waals surface area contributed by atoms with Crippen LogP contribution in [-0.4, -0.2) is 53.4 Å². The van der Waals surface area contributed by atoms with Gasteiger partial charge in [0.15, 0.2) is 11.5 Å². The molecule has 9 heteroatoms. The van der Waals surface area contributed by atoms with Gasteiger partial charge in [0.25, 0.3) is 0 Å². The lowest BCUT2D eigenvalue weighted by molar-refractivity contribution is -0.131. The highest BCUT2D eigenvalue weighted by molar-refractivity contribution is 14.1. The van der Waals surface area contributed by atoms with Crippen molar-refractivity contribution in [3.63, 3.8) is 0 Å². The van der Waals surface area contributed by atoms with Crippen molar-refractivity contribution in [2.45, 2.75) is 36.0 Å². The Balaban J connectivity index is 1.58. The van der Waals surface area contributed by atoms with Crippen LogP contribution in [0.15, 0.2) is 34.7 Å². The molecule has 1 aliphatic rings. The van der Waals surface area contributed by atoms with Crippen molar-refractivity contribution in [2.75, 3.05) is 17.5 Å². The van der Waals surface area contributed by atoms with Crippen molar-refractivity contribution >= 4 is 57.2 Å². The van der Waals surface area contributed by atoms with Gasteiger partial charge in [-0.2, -0.15) is 9.61 Å². The van der Waals surface area contributed by atoms with E-state index < -0.39 is 0 Å². The summed E-state index contributed by atoms with van der Waals surface area (Å²) in [6.07, 6.45) is 4.30. The quantitative estimate of drug-likeness (QED) is 0.282. The highest BCUT2D eigenvalue weighted by Gasteiger charge is 2.26. The van der Waals surface area contributed by atoms with Gasteiger partial charge in [0.1, 0.15) is 5.03 Å². The summed E-state index contributed by atoms with van der Waals surface area (Å²) in [7, 11) is 0. The number of halogens is 1. The van der Waals surface area contributed by atoms with Crippen LogP contribution in [0.1, 0.15) is 25.7 Å². The van der Waals surface area contributed by atoms with Gasteiger partial charge in [0.2, 0.25) is 5.91 Å². The average Bonchev–Trinajstić information content (AvgIpc) is 3.37. The fourth-order valence-corrected chi connectivity index (χ4v) is 5.98. The monoisotopic (exact) mass is 513 g/mol. The van der Waals surface area contributed by atoms with Gasteiger partial charge < -0.3 is 4.90 Å². The predicted molar refractivity (Wildman–Crippen MR) is 118 cm³/mol. The minimum atomic E-state index is -0.0911. The molecule has 0 N–H and O–H groups in total. The average molecular weight is 513 g/mol. The Hall–Kier alpha value is -1.20. The zero-order valence-electron chi connectivity index (χ0n) is 14.8. The first kappa shape index (κ1) is 19.1. The smallest absolute Gasteiger partial charge is 0.236 e. The van der Waals surface area contributed by atoms with Gasteiger partial charge in [0, 0.05) is 17.5 Å². The van der Waals surface area contributed by atoms with Crippen LogP contribution < -0.4 is 0 Å². The molecule has 1 atom stereocenters. The minimum absolute atomic E-state index is 0.0911. The molecule has 3 aromatic rings. The summed E-state index contributed by atoms with van der Waals surface area (Å²) in [6.45, 7) is 1.77. The van der Waals surface area contributed by atoms with Crippen LogP contribution in [0.4, 0.5) is 0 Å². The molecule has 4 heterocycles. The van der Waals surface area contributed by atoms with E-state index >= 15 is 0 Å². The molecular weight excluding hydrogens is 493 g/mol. The lowest BCUT2D eigenvalue weighted by atomic mass is 10.1. The Bertz CT molecular complexity index is 908. The first-order chi connectivity index (χ1) is 13.3. The second-order valence-corrected chi connectivity index (χ2v) is 9.66. The number of piperidine rings is 1. The third-order valence-corrected chi connectivity index (χ3v) is 7.23. The summed E-state index contributed by atoms with van der Waals surface area (Å²) in [5.74, 6) is 0.996. The number of rotatable bonds is 6. The molecule has 1 aliphatic heterocycles. The number of thiophene rings is 1. The normalized spacial score (nSPS) is 16.0. The maximum absolute atomic E-state index is 13.0. The van der Waals surface area contributed by atoms with Crippen LogP contribution in [0.2, 0.25) is 0 Å². The molecule has 0 aliphatic carbocycles. The van der Waals surface area contributed by atoms with Crippen LogP contribution in [-0.2, 0) is 4.79 Å². The van der Waals surface area contributed by atoms with Gasteiger partial charge in [-0.15, -0.1) is 21.5 Å². The maximum Gasteiger partial charge on any atom is 0.236 e. The van der Waals surface area contributed by atoms with Crippen LogP contribution in [0, 0.1) is 0 Å². The van der Waals surface area contributed by atoms with E-state index in [-0.39, 0.29) is 11.2 Å². The number of amides is 1. The molecule has 1 saturated heterocycles. The first-order valence-corrected chi connectivity index (χ1v) is 12.3. The van der Waals surface area contributed by atoms with Crippen molar-refractivity contribution in [1.29, 1.82) is 0 Å². The van der Waals surface area contributed by atoms with E-state index in [9.17, 15) is 4.79 Å². The number of carbonyl (C=O) groups is 1. The molecule has 0 spiro atoms. The van der Waals surface area contributed by atoms with E-state index in [1.165, 1.54) is 6.42 Å².